The Balaban J connectivity index is 1.89. The molecule has 0 saturated heterocycles. The van der Waals surface area contributed by atoms with E-state index in [1.807, 2.05) is 0 Å². The molecule has 0 bridgehead atoms. The number of rotatable bonds is 2. The van der Waals surface area contributed by atoms with E-state index in [4.69, 9.17) is 5.73 Å². The number of hydrogen-bond acceptors (Lipinski definition) is 1. The Morgan fingerprint density at radius 1 is 1.22 bits per heavy atom. The van der Waals surface area contributed by atoms with Crippen molar-refractivity contribution in [3.63, 3.8) is 0 Å². The van der Waals surface area contributed by atoms with Gasteiger partial charge in [-0.25, -0.2) is 0 Å². The highest BCUT2D eigenvalue weighted by Crippen LogP contribution is 2.76. The molecule has 3 aliphatic rings. The van der Waals surface area contributed by atoms with Gasteiger partial charge in [0, 0.05) is 5.41 Å². The summed E-state index contributed by atoms with van der Waals surface area (Å²) >= 11 is 0. The molecule has 2 saturated carbocycles. The Kier molecular flexibility index (Phi) is 2.08. The molecule has 1 heteroatoms. The number of nitrogens with two attached hydrogens (primary N) is 1. The van der Waals surface area contributed by atoms with E-state index in [0.29, 0.717) is 10.8 Å². The third-order valence-electron chi connectivity index (χ3n) is 5.99. The van der Waals surface area contributed by atoms with Gasteiger partial charge in [0.15, 0.2) is 0 Å². The van der Waals surface area contributed by atoms with Gasteiger partial charge in [-0.05, 0) is 80.0 Å². The summed E-state index contributed by atoms with van der Waals surface area (Å²) in [5.41, 5.74) is 12.1. The Bertz CT molecular complexity index is 494. The lowest BCUT2D eigenvalue weighted by Gasteiger charge is -2.40. The van der Waals surface area contributed by atoms with Gasteiger partial charge in [-0.15, -0.1) is 0 Å². The molecule has 2 spiro atoms. The van der Waals surface area contributed by atoms with E-state index in [9.17, 15) is 0 Å². The molecule has 1 aromatic rings. The van der Waals surface area contributed by atoms with Crippen molar-refractivity contribution in [1.29, 1.82) is 0 Å². The van der Waals surface area contributed by atoms with E-state index in [-0.39, 0.29) is 0 Å². The van der Waals surface area contributed by atoms with Crippen molar-refractivity contribution in [2.75, 3.05) is 6.54 Å². The predicted molar refractivity (Wildman–Crippen MR) is 74.8 cm³/mol. The first kappa shape index (κ1) is 11.0. The third-order valence-corrected chi connectivity index (χ3v) is 5.99. The molecule has 2 fully saturated rings. The minimum atomic E-state index is 0.596. The van der Waals surface area contributed by atoms with E-state index < -0.39 is 0 Å². The fourth-order valence-corrected chi connectivity index (χ4v) is 4.92. The van der Waals surface area contributed by atoms with Crippen molar-refractivity contribution in [2.45, 2.75) is 56.8 Å². The van der Waals surface area contributed by atoms with E-state index in [1.165, 1.54) is 44.1 Å². The van der Waals surface area contributed by atoms with E-state index in [2.05, 4.69) is 25.1 Å². The zero-order chi connectivity index (χ0) is 12.4. The Morgan fingerprint density at radius 3 is 2.61 bits per heavy atom. The van der Waals surface area contributed by atoms with Gasteiger partial charge in [-0.1, -0.05) is 18.2 Å². The van der Waals surface area contributed by atoms with Gasteiger partial charge < -0.3 is 5.73 Å². The molecule has 1 aromatic carbocycles. The zero-order valence-electron chi connectivity index (χ0n) is 11.3. The average Bonchev–Trinajstić information content (AvgIpc) is 3.21. The number of hydrogen-bond donors (Lipinski definition) is 1. The minimum absolute atomic E-state index is 0.596. The monoisotopic (exact) mass is 241 g/mol. The van der Waals surface area contributed by atoms with Crippen LogP contribution in [0.15, 0.2) is 18.2 Å². The summed E-state index contributed by atoms with van der Waals surface area (Å²) in [6, 6.07) is 6.95. The van der Waals surface area contributed by atoms with Crippen LogP contribution in [0.25, 0.3) is 0 Å². The van der Waals surface area contributed by atoms with Crippen molar-refractivity contribution in [3.8, 4) is 0 Å². The molecule has 1 atom stereocenters. The molecule has 0 aromatic heterocycles. The molecule has 3 aliphatic carbocycles. The Labute approximate surface area is 110 Å². The van der Waals surface area contributed by atoms with E-state index in [0.717, 1.165) is 12.5 Å². The quantitative estimate of drug-likeness (QED) is 0.840. The minimum Gasteiger partial charge on any atom is -0.330 e. The van der Waals surface area contributed by atoms with Crippen LogP contribution in [0.5, 0.6) is 0 Å². The third kappa shape index (κ3) is 1.21. The molecule has 0 heterocycles. The molecule has 1 nitrogen and oxygen atoms in total. The maximum atomic E-state index is 5.85. The van der Waals surface area contributed by atoms with Crippen LogP contribution in [0.3, 0.4) is 0 Å². The molecule has 0 amide bonds. The molecule has 4 rings (SSSR count). The summed E-state index contributed by atoms with van der Waals surface area (Å²) in [5, 5.41) is 0. The summed E-state index contributed by atoms with van der Waals surface area (Å²) < 4.78 is 0. The molecule has 0 radical (unpaired) electrons. The highest BCUT2D eigenvalue weighted by molar-refractivity contribution is 5.52. The smallest absolute Gasteiger partial charge is 0.00157 e. The normalized spacial score (nSPS) is 29.3. The van der Waals surface area contributed by atoms with Crippen LogP contribution in [-0.4, -0.2) is 6.54 Å². The maximum Gasteiger partial charge on any atom is 0.00157 e. The highest BCUT2D eigenvalue weighted by Gasteiger charge is 2.68. The second kappa shape index (κ2) is 3.39. The number of benzene rings is 1. The molecular formula is C17H23N. The second-order valence-electron chi connectivity index (χ2n) is 6.88. The van der Waals surface area contributed by atoms with Crippen LogP contribution in [0.1, 0.15) is 61.1 Å². The summed E-state index contributed by atoms with van der Waals surface area (Å²) in [6.45, 7) is 3.15. The van der Waals surface area contributed by atoms with Crippen molar-refractivity contribution < 1.29 is 0 Å². The van der Waals surface area contributed by atoms with Crippen molar-refractivity contribution in [1.82, 2.24) is 0 Å². The molecule has 96 valence electrons. The van der Waals surface area contributed by atoms with Gasteiger partial charge in [-0.2, -0.15) is 0 Å². The maximum absolute atomic E-state index is 5.85. The second-order valence-corrected chi connectivity index (χ2v) is 6.88. The van der Waals surface area contributed by atoms with Crippen LogP contribution in [0.2, 0.25) is 0 Å². The molecule has 18 heavy (non-hydrogen) atoms. The van der Waals surface area contributed by atoms with E-state index >= 15 is 0 Å². The summed E-state index contributed by atoms with van der Waals surface area (Å²) in [7, 11) is 0. The Morgan fingerprint density at radius 2 is 2.00 bits per heavy atom. The zero-order valence-corrected chi connectivity index (χ0v) is 11.3. The lowest BCUT2D eigenvalue weighted by atomic mass is 9.64. The van der Waals surface area contributed by atoms with Gasteiger partial charge in [0.2, 0.25) is 0 Å². The first-order chi connectivity index (χ1) is 8.72. The largest absolute Gasteiger partial charge is 0.330 e. The van der Waals surface area contributed by atoms with Crippen LogP contribution in [0.4, 0.5) is 0 Å². The van der Waals surface area contributed by atoms with Crippen LogP contribution < -0.4 is 5.73 Å². The van der Waals surface area contributed by atoms with Crippen LogP contribution in [-0.2, 0) is 5.41 Å². The van der Waals surface area contributed by atoms with Crippen molar-refractivity contribution in [2.24, 2.45) is 11.1 Å². The molecule has 0 aliphatic heterocycles. The fraction of sp³-hybridized carbons (Fsp3) is 0.647. The van der Waals surface area contributed by atoms with Crippen LogP contribution >= 0.6 is 0 Å². The van der Waals surface area contributed by atoms with Crippen LogP contribution in [0, 0.1) is 12.3 Å². The molecular weight excluding hydrogens is 218 g/mol. The topological polar surface area (TPSA) is 26.0 Å². The van der Waals surface area contributed by atoms with Gasteiger partial charge in [0.05, 0.1) is 0 Å². The lowest BCUT2D eigenvalue weighted by Crippen LogP contribution is -2.33. The van der Waals surface area contributed by atoms with Gasteiger partial charge in [0.25, 0.3) is 0 Å². The van der Waals surface area contributed by atoms with Gasteiger partial charge in [-0.3, -0.25) is 0 Å². The molecule has 1 unspecified atom stereocenters. The van der Waals surface area contributed by atoms with Crippen molar-refractivity contribution in [3.05, 3.63) is 34.9 Å². The van der Waals surface area contributed by atoms with Gasteiger partial charge >= 0.3 is 0 Å². The van der Waals surface area contributed by atoms with Crippen molar-refractivity contribution >= 4 is 0 Å². The average molecular weight is 241 g/mol. The van der Waals surface area contributed by atoms with Gasteiger partial charge in [0.1, 0.15) is 0 Å². The fourth-order valence-electron chi connectivity index (χ4n) is 4.92. The summed E-state index contributed by atoms with van der Waals surface area (Å²) in [5.74, 6) is 0.735. The first-order valence-electron chi connectivity index (χ1n) is 7.53. The summed E-state index contributed by atoms with van der Waals surface area (Å²) in [4.78, 5) is 0. The number of aryl methyl sites for hydroxylation is 1. The summed E-state index contributed by atoms with van der Waals surface area (Å²) in [6.07, 6.45) is 8.43. The lowest BCUT2D eigenvalue weighted by molar-refractivity contribution is 0.285. The first-order valence-corrected chi connectivity index (χ1v) is 7.53. The number of fused-ring (bicyclic) bond motifs is 3. The van der Waals surface area contributed by atoms with E-state index in [1.54, 1.807) is 11.1 Å². The molecule has 2 N–H and O–H groups in total. The predicted octanol–water partition coefficient (Wildman–Crippen LogP) is 3.64. The standard InChI is InChI=1S/C17H23N/c1-12-3-2-4-14-13(5-10-18)11-16(6-7-16)17(8-9-17)15(12)14/h2-4,13H,5-11,18H2,1H3. The SMILES string of the molecule is Cc1cccc2c1C1(CC1)C1(CC1)CC2CCN. The highest BCUT2D eigenvalue weighted by atomic mass is 14.7. The Hall–Kier alpha value is -0.820.